The smallest absolute Gasteiger partial charge is 0.238 e. The first-order chi connectivity index (χ1) is 13.6. The molecule has 1 aliphatic heterocycles. The monoisotopic (exact) mass is 403 g/mol. The van der Waals surface area contributed by atoms with E-state index in [1.807, 2.05) is 6.07 Å². The Labute approximate surface area is 171 Å². The lowest BCUT2D eigenvalue weighted by atomic mass is 10.2. The number of amides is 1. The lowest BCUT2D eigenvalue weighted by Crippen LogP contribution is -2.48. The second-order valence-electron chi connectivity index (χ2n) is 6.77. The van der Waals surface area contributed by atoms with Gasteiger partial charge in [0.2, 0.25) is 5.91 Å². The molecule has 1 saturated heterocycles. The van der Waals surface area contributed by atoms with E-state index in [1.54, 1.807) is 19.2 Å². The maximum absolute atomic E-state index is 12.5. The van der Waals surface area contributed by atoms with E-state index < -0.39 is 0 Å². The lowest BCUT2D eigenvalue weighted by Gasteiger charge is -2.34. The summed E-state index contributed by atoms with van der Waals surface area (Å²) in [7, 11) is 3.08. The van der Waals surface area contributed by atoms with Crippen LogP contribution in [0.2, 0.25) is 5.02 Å². The van der Waals surface area contributed by atoms with Crippen LogP contribution in [-0.4, -0.2) is 62.7 Å². The molecule has 2 aromatic rings. The number of hydrogen-bond donors (Lipinski definition) is 1. The van der Waals surface area contributed by atoms with Crippen LogP contribution in [0.1, 0.15) is 5.56 Å². The van der Waals surface area contributed by atoms with Crippen molar-refractivity contribution in [3.05, 3.63) is 53.1 Å². The summed E-state index contributed by atoms with van der Waals surface area (Å²) >= 11 is 6.17. The van der Waals surface area contributed by atoms with Crippen LogP contribution in [0.15, 0.2) is 42.5 Å². The van der Waals surface area contributed by atoms with Gasteiger partial charge >= 0.3 is 0 Å². The molecule has 0 atom stereocenters. The van der Waals surface area contributed by atoms with Gasteiger partial charge in [-0.2, -0.15) is 0 Å². The highest BCUT2D eigenvalue weighted by Crippen LogP contribution is 2.35. The Morgan fingerprint density at radius 3 is 2.29 bits per heavy atom. The fourth-order valence-corrected chi connectivity index (χ4v) is 3.54. The van der Waals surface area contributed by atoms with Crippen LogP contribution in [0.5, 0.6) is 11.5 Å². The molecular weight excluding hydrogens is 378 g/mol. The number of halogens is 1. The Morgan fingerprint density at radius 1 is 1.00 bits per heavy atom. The second-order valence-corrected chi connectivity index (χ2v) is 7.18. The van der Waals surface area contributed by atoms with E-state index in [4.69, 9.17) is 21.1 Å². The highest BCUT2D eigenvalue weighted by molar-refractivity contribution is 6.32. The van der Waals surface area contributed by atoms with E-state index in [9.17, 15) is 4.79 Å². The number of methoxy groups -OCH3 is 2. The summed E-state index contributed by atoms with van der Waals surface area (Å²) in [6.45, 7) is 4.90. The van der Waals surface area contributed by atoms with Crippen LogP contribution >= 0.6 is 11.6 Å². The van der Waals surface area contributed by atoms with Crippen molar-refractivity contribution >= 4 is 23.2 Å². The van der Waals surface area contributed by atoms with E-state index >= 15 is 0 Å². The Kier molecular flexibility index (Phi) is 7.14. The number of ether oxygens (including phenoxy) is 2. The summed E-state index contributed by atoms with van der Waals surface area (Å²) in [6.07, 6.45) is 0. The molecule has 0 aromatic heterocycles. The van der Waals surface area contributed by atoms with Crippen LogP contribution in [0, 0.1) is 0 Å². The van der Waals surface area contributed by atoms with Crippen molar-refractivity contribution < 1.29 is 14.3 Å². The maximum atomic E-state index is 12.5. The van der Waals surface area contributed by atoms with Crippen molar-refractivity contribution in [2.24, 2.45) is 0 Å². The quantitative estimate of drug-likeness (QED) is 0.769. The molecule has 2 aromatic carbocycles. The molecule has 1 heterocycles. The first-order valence-corrected chi connectivity index (χ1v) is 9.67. The number of benzene rings is 2. The highest BCUT2D eigenvalue weighted by Gasteiger charge is 2.20. The zero-order chi connectivity index (χ0) is 19.9. The summed E-state index contributed by atoms with van der Waals surface area (Å²) in [6, 6.07) is 13.8. The minimum atomic E-state index is -0.0870. The topological polar surface area (TPSA) is 54.0 Å². The summed E-state index contributed by atoms with van der Waals surface area (Å²) in [5.41, 5.74) is 1.86. The molecule has 7 heteroatoms. The first kappa shape index (κ1) is 20.5. The first-order valence-electron chi connectivity index (χ1n) is 9.29. The van der Waals surface area contributed by atoms with Gasteiger partial charge in [0.1, 0.15) is 11.5 Å². The van der Waals surface area contributed by atoms with Crippen molar-refractivity contribution in [3.8, 4) is 11.5 Å². The Hall–Kier alpha value is -2.28. The van der Waals surface area contributed by atoms with Gasteiger partial charge in [0, 0.05) is 38.8 Å². The zero-order valence-electron chi connectivity index (χ0n) is 16.3. The van der Waals surface area contributed by atoms with Gasteiger partial charge in [-0.05, 0) is 11.6 Å². The average molecular weight is 404 g/mol. The number of hydrogen-bond acceptors (Lipinski definition) is 5. The van der Waals surface area contributed by atoms with Crippen LogP contribution in [0.4, 0.5) is 5.69 Å². The van der Waals surface area contributed by atoms with E-state index in [1.165, 1.54) is 12.7 Å². The molecule has 1 N–H and O–H groups in total. The third-order valence-corrected chi connectivity index (χ3v) is 5.12. The van der Waals surface area contributed by atoms with Gasteiger partial charge in [-0.3, -0.25) is 14.6 Å². The van der Waals surface area contributed by atoms with Gasteiger partial charge in [-0.1, -0.05) is 41.9 Å². The molecule has 28 heavy (non-hydrogen) atoms. The molecule has 0 saturated carbocycles. The normalized spacial score (nSPS) is 15.2. The number of carbonyl (C=O) groups is 1. The second kappa shape index (κ2) is 9.78. The maximum Gasteiger partial charge on any atom is 0.238 e. The molecule has 0 aliphatic carbocycles. The largest absolute Gasteiger partial charge is 0.495 e. The van der Waals surface area contributed by atoms with Crippen LogP contribution in [0.25, 0.3) is 0 Å². The predicted molar refractivity (Wildman–Crippen MR) is 111 cm³/mol. The van der Waals surface area contributed by atoms with Crippen LogP contribution < -0.4 is 14.8 Å². The molecule has 1 amide bonds. The van der Waals surface area contributed by atoms with Crippen molar-refractivity contribution in [2.75, 3.05) is 52.3 Å². The van der Waals surface area contributed by atoms with Crippen molar-refractivity contribution in [1.29, 1.82) is 0 Å². The predicted octanol–water partition coefficient (Wildman–Crippen LogP) is 3.11. The van der Waals surface area contributed by atoms with Gasteiger partial charge in [0.05, 0.1) is 31.5 Å². The summed E-state index contributed by atoms with van der Waals surface area (Å²) in [4.78, 5) is 17.1. The minimum Gasteiger partial charge on any atom is -0.495 e. The number of anilines is 1. The van der Waals surface area contributed by atoms with Gasteiger partial charge in [-0.15, -0.1) is 0 Å². The SMILES string of the molecule is COc1cc(OC)c(NC(=O)CN2CCN(Cc3ccccc3)CC2)cc1Cl. The molecule has 0 spiro atoms. The number of nitrogens with one attached hydrogen (secondary N) is 1. The molecule has 1 aliphatic rings. The average Bonchev–Trinajstić information content (AvgIpc) is 2.70. The molecule has 1 fully saturated rings. The minimum absolute atomic E-state index is 0.0870. The Bertz CT molecular complexity index is 793. The molecular formula is C21H26ClN3O3. The van der Waals surface area contributed by atoms with Gasteiger partial charge < -0.3 is 14.8 Å². The fraction of sp³-hybridized carbons (Fsp3) is 0.381. The zero-order valence-corrected chi connectivity index (χ0v) is 17.0. The van der Waals surface area contributed by atoms with E-state index in [2.05, 4.69) is 39.4 Å². The third-order valence-electron chi connectivity index (χ3n) is 4.83. The summed E-state index contributed by atoms with van der Waals surface area (Å²) in [5, 5.41) is 3.32. The van der Waals surface area contributed by atoms with Gasteiger partial charge in [0.15, 0.2) is 0 Å². The van der Waals surface area contributed by atoms with E-state index in [0.717, 1.165) is 32.7 Å². The third kappa shape index (κ3) is 5.38. The fourth-order valence-electron chi connectivity index (χ4n) is 3.30. The summed E-state index contributed by atoms with van der Waals surface area (Å²) in [5.74, 6) is 0.935. The molecule has 0 bridgehead atoms. The van der Waals surface area contributed by atoms with Gasteiger partial charge in [-0.25, -0.2) is 0 Å². The number of rotatable bonds is 7. The number of carbonyl (C=O) groups excluding carboxylic acids is 1. The molecule has 0 radical (unpaired) electrons. The van der Waals surface area contributed by atoms with E-state index in [-0.39, 0.29) is 5.91 Å². The van der Waals surface area contributed by atoms with Crippen molar-refractivity contribution in [1.82, 2.24) is 9.80 Å². The number of nitrogens with zero attached hydrogens (tertiary/aromatic N) is 2. The van der Waals surface area contributed by atoms with Crippen LogP contribution in [0.3, 0.4) is 0 Å². The van der Waals surface area contributed by atoms with Gasteiger partial charge in [0.25, 0.3) is 0 Å². The Balaban J connectivity index is 1.50. The van der Waals surface area contributed by atoms with E-state index in [0.29, 0.717) is 28.8 Å². The van der Waals surface area contributed by atoms with Crippen LogP contribution in [-0.2, 0) is 11.3 Å². The standard InChI is InChI=1S/C21H26ClN3O3/c1-27-19-13-20(28-2)18(12-17(19)22)23-21(26)15-25-10-8-24(9-11-25)14-16-6-4-3-5-7-16/h3-7,12-13H,8-11,14-15H2,1-2H3,(H,23,26). The van der Waals surface area contributed by atoms with Crippen molar-refractivity contribution in [2.45, 2.75) is 6.54 Å². The van der Waals surface area contributed by atoms with Crippen molar-refractivity contribution in [3.63, 3.8) is 0 Å². The Morgan fingerprint density at radius 2 is 1.64 bits per heavy atom. The summed E-state index contributed by atoms with van der Waals surface area (Å²) < 4.78 is 10.5. The lowest BCUT2D eigenvalue weighted by molar-refractivity contribution is -0.117. The molecule has 0 unspecified atom stereocenters. The number of piperazine rings is 1. The molecule has 6 nitrogen and oxygen atoms in total. The molecule has 150 valence electrons. The molecule has 3 rings (SSSR count). The highest BCUT2D eigenvalue weighted by atomic mass is 35.5.